The Labute approximate surface area is 163 Å². The highest BCUT2D eigenvalue weighted by atomic mass is 79.9. The molecule has 0 aliphatic heterocycles. The minimum absolute atomic E-state index is 0.235. The van der Waals surface area contributed by atoms with Crippen molar-refractivity contribution in [2.45, 2.75) is 6.92 Å². The van der Waals surface area contributed by atoms with Crippen molar-refractivity contribution in [3.05, 3.63) is 69.9 Å². The average Bonchev–Trinajstić information content (AvgIpc) is 3.07. The molecule has 0 saturated heterocycles. The van der Waals surface area contributed by atoms with Crippen LogP contribution >= 0.6 is 27.5 Å². The van der Waals surface area contributed by atoms with Crippen LogP contribution in [0, 0.1) is 0 Å². The Morgan fingerprint density at radius 2 is 1.88 bits per heavy atom. The molecule has 3 aromatic rings. The zero-order valence-corrected chi connectivity index (χ0v) is 16.0. The molecule has 0 atom stereocenters. The number of nitrogens with zero attached hydrogens (tertiary/aromatic N) is 2. The second-order valence-corrected chi connectivity index (χ2v) is 6.80. The first-order valence-corrected chi connectivity index (χ1v) is 8.79. The molecule has 0 spiro atoms. The van der Waals surface area contributed by atoms with Crippen molar-refractivity contribution < 1.29 is 9.59 Å². The SMILES string of the molecule is CC(=O)Nc1ccc(Cl)cc1NC(=O)c1ccn(-c2cccc(Br)c2)n1. The van der Waals surface area contributed by atoms with Gasteiger partial charge >= 0.3 is 0 Å². The minimum Gasteiger partial charge on any atom is -0.325 e. The molecule has 1 aromatic heterocycles. The number of carbonyl (C=O) groups excluding carboxylic acids is 2. The number of amides is 2. The molecule has 1 heterocycles. The largest absolute Gasteiger partial charge is 0.325 e. The lowest BCUT2D eigenvalue weighted by Gasteiger charge is -2.11. The molecule has 0 saturated carbocycles. The molecule has 26 heavy (non-hydrogen) atoms. The highest BCUT2D eigenvalue weighted by molar-refractivity contribution is 9.10. The third-order valence-corrected chi connectivity index (χ3v) is 4.16. The van der Waals surface area contributed by atoms with Gasteiger partial charge in [-0.2, -0.15) is 5.10 Å². The van der Waals surface area contributed by atoms with E-state index in [1.165, 1.54) is 6.92 Å². The summed E-state index contributed by atoms with van der Waals surface area (Å²) in [6, 6.07) is 14.0. The Morgan fingerprint density at radius 3 is 2.62 bits per heavy atom. The molecular formula is C18H14BrClN4O2. The average molecular weight is 434 g/mol. The molecular weight excluding hydrogens is 420 g/mol. The van der Waals surface area contributed by atoms with Crippen LogP contribution in [0.15, 0.2) is 59.2 Å². The Hall–Kier alpha value is -2.64. The fraction of sp³-hybridized carbons (Fsp3) is 0.0556. The third-order valence-electron chi connectivity index (χ3n) is 3.43. The van der Waals surface area contributed by atoms with Crippen LogP contribution in [-0.2, 0) is 4.79 Å². The van der Waals surface area contributed by atoms with E-state index in [0.717, 1.165) is 10.2 Å². The van der Waals surface area contributed by atoms with Crippen LogP contribution in [0.3, 0.4) is 0 Å². The van der Waals surface area contributed by atoms with Crippen LogP contribution in [0.2, 0.25) is 5.02 Å². The summed E-state index contributed by atoms with van der Waals surface area (Å²) in [6.07, 6.45) is 1.70. The maximum absolute atomic E-state index is 12.5. The summed E-state index contributed by atoms with van der Waals surface area (Å²) in [6.45, 7) is 1.39. The van der Waals surface area contributed by atoms with Crippen LogP contribution in [-0.4, -0.2) is 21.6 Å². The standard InChI is InChI=1S/C18H14BrClN4O2/c1-11(25)21-15-6-5-13(20)10-17(15)22-18(26)16-7-8-24(23-16)14-4-2-3-12(19)9-14/h2-10H,1H3,(H,21,25)(H,22,26). The topological polar surface area (TPSA) is 76.0 Å². The van der Waals surface area contributed by atoms with E-state index in [2.05, 4.69) is 31.7 Å². The number of aromatic nitrogens is 2. The van der Waals surface area contributed by atoms with Gasteiger partial charge in [0.2, 0.25) is 5.91 Å². The van der Waals surface area contributed by atoms with Gasteiger partial charge in [-0.25, -0.2) is 4.68 Å². The van der Waals surface area contributed by atoms with Crippen molar-refractivity contribution in [1.82, 2.24) is 9.78 Å². The Morgan fingerprint density at radius 1 is 1.08 bits per heavy atom. The lowest BCUT2D eigenvalue weighted by atomic mass is 10.2. The van der Waals surface area contributed by atoms with Gasteiger partial charge in [-0.1, -0.05) is 33.6 Å². The van der Waals surface area contributed by atoms with Gasteiger partial charge in [0, 0.05) is 22.6 Å². The number of carbonyl (C=O) groups is 2. The second kappa shape index (κ2) is 7.72. The highest BCUT2D eigenvalue weighted by Crippen LogP contribution is 2.26. The number of hydrogen-bond acceptors (Lipinski definition) is 3. The predicted molar refractivity (Wildman–Crippen MR) is 105 cm³/mol. The summed E-state index contributed by atoms with van der Waals surface area (Å²) >= 11 is 9.40. The van der Waals surface area contributed by atoms with E-state index in [1.807, 2.05) is 24.3 Å². The number of halogens is 2. The number of anilines is 2. The first-order valence-electron chi connectivity index (χ1n) is 7.62. The number of benzene rings is 2. The minimum atomic E-state index is -0.410. The zero-order chi connectivity index (χ0) is 18.7. The van der Waals surface area contributed by atoms with Crippen LogP contribution in [0.5, 0.6) is 0 Å². The van der Waals surface area contributed by atoms with Crippen LogP contribution in [0.4, 0.5) is 11.4 Å². The van der Waals surface area contributed by atoms with E-state index in [1.54, 1.807) is 35.1 Å². The molecule has 0 bridgehead atoms. The van der Waals surface area contributed by atoms with Crippen molar-refractivity contribution in [3.8, 4) is 5.69 Å². The number of rotatable bonds is 4. The van der Waals surface area contributed by atoms with Crippen molar-refractivity contribution in [2.75, 3.05) is 10.6 Å². The molecule has 2 amide bonds. The molecule has 8 heteroatoms. The Kier molecular flexibility index (Phi) is 5.39. The highest BCUT2D eigenvalue weighted by Gasteiger charge is 2.14. The normalized spacial score (nSPS) is 10.4. The summed E-state index contributed by atoms with van der Waals surface area (Å²) < 4.78 is 2.52. The predicted octanol–water partition coefficient (Wildman–Crippen LogP) is 4.50. The summed E-state index contributed by atoms with van der Waals surface area (Å²) in [7, 11) is 0. The molecule has 2 aromatic carbocycles. The first-order chi connectivity index (χ1) is 12.4. The molecule has 2 N–H and O–H groups in total. The smallest absolute Gasteiger partial charge is 0.276 e. The molecule has 0 aliphatic carbocycles. The molecule has 6 nitrogen and oxygen atoms in total. The maximum atomic E-state index is 12.5. The van der Waals surface area contributed by atoms with Gasteiger partial charge in [0.25, 0.3) is 5.91 Å². The second-order valence-electron chi connectivity index (χ2n) is 5.45. The number of hydrogen-bond donors (Lipinski definition) is 2. The lowest BCUT2D eigenvalue weighted by molar-refractivity contribution is -0.114. The summed E-state index contributed by atoms with van der Waals surface area (Å²) in [5.74, 6) is -0.658. The Balaban J connectivity index is 1.83. The van der Waals surface area contributed by atoms with Gasteiger partial charge in [0.05, 0.1) is 17.1 Å². The van der Waals surface area contributed by atoms with E-state index in [4.69, 9.17) is 11.6 Å². The van der Waals surface area contributed by atoms with Gasteiger partial charge in [-0.15, -0.1) is 0 Å². The molecule has 0 radical (unpaired) electrons. The monoisotopic (exact) mass is 432 g/mol. The van der Waals surface area contributed by atoms with Gasteiger partial charge in [0.1, 0.15) is 0 Å². The van der Waals surface area contributed by atoms with Gasteiger partial charge in [0.15, 0.2) is 5.69 Å². The number of nitrogens with one attached hydrogen (secondary N) is 2. The van der Waals surface area contributed by atoms with Crippen LogP contribution in [0.1, 0.15) is 17.4 Å². The van der Waals surface area contributed by atoms with E-state index < -0.39 is 5.91 Å². The Bertz CT molecular complexity index is 987. The summed E-state index contributed by atoms with van der Waals surface area (Å²) in [5.41, 5.74) is 1.91. The van der Waals surface area contributed by atoms with Crippen molar-refractivity contribution in [3.63, 3.8) is 0 Å². The third kappa shape index (κ3) is 4.30. The van der Waals surface area contributed by atoms with Gasteiger partial charge in [-0.05, 0) is 42.5 Å². The van der Waals surface area contributed by atoms with Crippen molar-refractivity contribution in [2.24, 2.45) is 0 Å². The van der Waals surface area contributed by atoms with Crippen molar-refractivity contribution >= 4 is 50.7 Å². The van der Waals surface area contributed by atoms with Gasteiger partial charge < -0.3 is 10.6 Å². The molecule has 0 unspecified atom stereocenters. The zero-order valence-electron chi connectivity index (χ0n) is 13.7. The quantitative estimate of drug-likeness (QED) is 0.636. The van der Waals surface area contributed by atoms with Crippen LogP contribution < -0.4 is 10.6 Å². The van der Waals surface area contributed by atoms with E-state index >= 15 is 0 Å². The van der Waals surface area contributed by atoms with Crippen LogP contribution in [0.25, 0.3) is 5.69 Å². The van der Waals surface area contributed by atoms with Gasteiger partial charge in [-0.3, -0.25) is 9.59 Å². The lowest BCUT2D eigenvalue weighted by Crippen LogP contribution is -2.16. The van der Waals surface area contributed by atoms with E-state index in [0.29, 0.717) is 16.4 Å². The molecule has 0 fully saturated rings. The summed E-state index contributed by atoms with van der Waals surface area (Å²) in [4.78, 5) is 23.8. The molecule has 132 valence electrons. The first kappa shape index (κ1) is 18.2. The summed E-state index contributed by atoms with van der Waals surface area (Å²) in [5, 5.41) is 10.1. The van der Waals surface area contributed by atoms with Crippen molar-refractivity contribution in [1.29, 1.82) is 0 Å². The maximum Gasteiger partial charge on any atom is 0.276 e. The fourth-order valence-corrected chi connectivity index (χ4v) is 2.87. The van der Waals surface area contributed by atoms with E-state index in [-0.39, 0.29) is 11.6 Å². The fourth-order valence-electron chi connectivity index (χ4n) is 2.31. The molecule has 0 aliphatic rings. The molecule has 3 rings (SSSR count). The van der Waals surface area contributed by atoms with E-state index in [9.17, 15) is 9.59 Å².